The second-order valence-corrected chi connectivity index (χ2v) is 7.39. The standard InChI is InChI=1S/C19H23NO6/c1-11(2)15(21)25-18(4,5)9-12(3)16(22)26-19(10-20)7-6-13-8-14(19)24-17(13)23/h9,13-14H,1,6-8H2,2-5H3/b12-9-. The van der Waals surface area contributed by atoms with E-state index in [9.17, 15) is 19.6 Å². The van der Waals surface area contributed by atoms with Gasteiger partial charge in [0.2, 0.25) is 5.60 Å². The molecule has 1 saturated carbocycles. The van der Waals surface area contributed by atoms with Gasteiger partial charge in [-0.15, -0.1) is 0 Å². The summed E-state index contributed by atoms with van der Waals surface area (Å²) < 4.78 is 15.9. The molecule has 0 amide bonds. The molecule has 2 bridgehead atoms. The average molecular weight is 361 g/mol. The van der Waals surface area contributed by atoms with Gasteiger partial charge >= 0.3 is 17.9 Å². The Bertz CT molecular complexity index is 729. The molecule has 2 fully saturated rings. The van der Waals surface area contributed by atoms with Crippen LogP contribution in [0.1, 0.15) is 47.0 Å². The molecule has 2 aliphatic rings. The van der Waals surface area contributed by atoms with Crippen LogP contribution in [0.3, 0.4) is 0 Å². The van der Waals surface area contributed by atoms with E-state index in [4.69, 9.17) is 14.2 Å². The molecule has 140 valence electrons. The van der Waals surface area contributed by atoms with Crippen LogP contribution in [-0.4, -0.2) is 35.2 Å². The number of carbonyl (C=O) groups is 3. The Morgan fingerprint density at radius 1 is 1.38 bits per heavy atom. The van der Waals surface area contributed by atoms with Crippen molar-refractivity contribution in [2.75, 3.05) is 0 Å². The molecule has 1 heterocycles. The van der Waals surface area contributed by atoms with Gasteiger partial charge in [-0.05, 0) is 40.2 Å². The van der Waals surface area contributed by atoms with E-state index in [2.05, 4.69) is 6.58 Å². The molecule has 1 aliphatic carbocycles. The van der Waals surface area contributed by atoms with Gasteiger partial charge in [0.15, 0.2) is 6.10 Å². The topological polar surface area (TPSA) is 103 Å². The highest BCUT2D eigenvalue weighted by atomic mass is 16.6. The van der Waals surface area contributed by atoms with Crippen LogP contribution in [0.15, 0.2) is 23.8 Å². The number of carbonyl (C=O) groups excluding carboxylic acids is 3. The molecule has 0 aromatic carbocycles. The molecule has 3 unspecified atom stereocenters. The number of fused-ring (bicyclic) bond motifs is 2. The summed E-state index contributed by atoms with van der Waals surface area (Å²) >= 11 is 0. The van der Waals surface area contributed by atoms with Crippen LogP contribution in [0.4, 0.5) is 0 Å². The summed E-state index contributed by atoms with van der Waals surface area (Å²) in [5.41, 5.74) is -2.11. The molecule has 7 heteroatoms. The van der Waals surface area contributed by atoms with E-state index >= 15 is 0 Å². The zero-order valence-corrected chi connectivity index (χ0v) is 15.5. The van der Waals surface area contributed by atoms with Gasteiger partial charge in [-0.2, -0.15) is 5.26 Å². The average Bonchev–Trinajstić information content (AvgIpc) is 2.86. The van der Waals surface area contributed by atoms with Gasteiger partial charge in [-0.3, -0.25) is 4.79 Å². The quantitative estimate of drug-likeness (QED) is 0.421. The number of nitriles is 1. The Morgan fingerprint density at radius 2 is 2.04 bits per heavy atom. The van der Waals surface area contributed by atoms with Gasteiger partial charge in [0, 0.05) is 24.0 Å². The largest absolute Gasteiger partial charge is 0.457 e. The first kappa shape index (κ1) is 19.7. The third kappa shape index (κ3) is 3.96. The van der Waals surface area contributed by atoms with Gasteiger partial charge < -0.3 is 14.2 Å². The molecule has 2 rings (SSSR count). The maximum Gasteiger partial charge on any atom is 0.335 e. The molecule has 0 spiro atoms. The Labute approximate surface area is 152 Å². The number of nitrogens with zero attached hydrogens (tertiary/aromatic N) is 1. The fourth-order valence-electron chi connectivity index (χ4n) is 3.16. The zero-order chi connectivity index (χ0) is 19.7. The van der Waals surface area contributed by atoms with Crippen molar-refractivity contribution in [1.29, 1.82) is 5.26 Å². The van der Waals surface area contributed by atoms with Crippen LogP contribution in [-0.2, 0) is 28.6 Å². The van der Waals surface area contributed by atoms with Gasteiger partial charge in [0.1, 0.15) is 11.7 Å². The number of hydrogen-bond donors (Lipinski definition) is 0. The zero-order valence-electron chi connectivity index (χ0n) is 15.5. The van der Waals surface area contributed by atoms with E-state index in [-0.39, 0.29) is 29.5 Å². The fourth-order valence-corrected chi connectivity index (χ4v) is 3.16. The van der Waals surface area contributed by atoms with Gasteiger partial charge in [0.25, 0.3) is 0 Å². The summed E-state index contributed by atoms with van der Waals surface area (Å²) in [5, 5.41) is 9.57. The summed E-state index contributed by atoms with van der Waals surface area (Å²) in [6, 6.07) is 2.02. The Hall–Kier alpha value is -2.62. The lowest BCUT2D eigenvalue weighted by atomic mass is 9.79. The lowest BCUT2D eigenvalue weighted by molar-refractivity contribution is -0.167. The minimum atomic E-state index is -1.48. The summed E-state index contributed by atoms with van der Waals surface area (Å²) in [4.78, 5) is 35.9. The van der Waals surface area contributed by atoms with Crippen LogP contribution >= 0.6 is 0 Å². The molecule has 0 aromatic rings. The van der Waals surface area contributed by atoms with Crippen molar-refractivity contribution in [3.8, 4) is 6.07 Å². The first-order valence-electron chi connectivity index (χ1n) is 8.43. The first-order chi connectivity index (χ1) is 12.0. The van der Waals surface area contributed by atoms with Crippen LogP contribution in [0.5, 0.6) is 0 Å². The lowest BCUT2D eigenvalue weighted by Gasteiger charge is -2.33. The first-order valence-corrected chi connectivity index (χ1v) is 8.43. The highest BCUT2D eigenvalue weighted by molar-refractivity contribution is 5.89. The summed E-state index contributed by atoms with van der Waals surface area (Å²) in [6.45, 7) is 9.79. The summed E-state index contributed by atoms with van der Waals surface area (Å²) in [5.74, 6) is -1.86. The van der Waals surface area contributed by atoms with Gasteiger partial charge in [0.05, 0.1) is 5.92 Å². The minimum Gasteiger partial charge on any atom is -0.457 e. The van der Waals surface area contributed by atoms with E-state index in [1.54, 1.807) is 13.8 Å². The fraction of sp³-hybridized carbons (Fsp3) is 0.579. The normalized spacial score (nSPS) is 28.0. The van der Waals surface area contributed by atoms with Crippen molar-refractivity contribution in [2.24, 2.45) is 5.92 Å². The van der Waals surface area contributed by atoms with E-state index in [1.807, 2.05) is 6.07 Å². The second-order valence-electron chi connectivity index (χ2n) is 7.39. The number of ether oxygens (including phenoxy) is 3. The molecule has 0 N–H and O–H groups in total. The van der Waals surface area contributed by atoms with Crippen LogP contribution in [0.25, 0.3) is 0 Å². The van der Waals surface area contributed by atoms with Crippen LogP contribution in [0, 0.1) is 17.2 Å². The van der Waals surface area contributed by atoms with E-state index in [0.29, 0.717) is 12.8 Å². The third-order valence-corrected chi connectivity index (χ3v) is 4.53. The second kappa shape index (κ2) is 6.94. The van der Waals surface area contributed by atoms with Crippen molar-refractivity contribution in [3.63, 3.8) is 0 Å². The Morgan fingerprint density at radius 3 is 2.62 bits per heavy atom. The number of esters is 3. The predicted octanol–water partition coefficient (Wildman–Crippen LogP) is 2.36. The lowest BCUT2D eigenvalue weighted by Crippen LogP contribution is -2.47. The maximum absolute atomic E-state index is 12.5. The van der Waals surface area contributed by atoms with Crippen molar-refractivity contribution < 1.29 is 28.6 Å². The Balaban J connectivity index is 2.12. The highest BCUT2D eigenvalue weighted by Crippen LogP contribution is 2.42. The SMILES string of the molecule is C=C(C)C(=O)OC(C)(C)/C=C(/C)C(=O)OC1(C#N)CCC2CC1OC2=O. The van der Waals surface area contributed by atoms with Crippen LogP contribution in [0.2, 0.25) is 0 Å². The molecule has 3 atom stereocenters. The summed E-state index contributed by atoms with van der Waals surface area (Å²) in [6.07, 6.45) is 1.78. The van der Waals surface area contributed by atoms with E-state index in [1.165, 1.54) is 19.9 Å². The molecular formula is C19H23NO6. The van der Waals surface area contributed by atoms with Gasteiger partial charge in [-0.1, -0.05) is 6.58 Å². The minimum absolute atomic E-state index is 0.186. The smallest absolute Gasteiger partial charge is 0.335 e. The van der Waals surface area contributed by atoms with Gasteiger partial charge in [-0.25, -0.2) is 9.59 Å². The van der Waals surface area contributed by atoms with E-state index < -0.39 is 29.2 Å². The number of rotatable bonds is 5. The molecule has 26 heavy (non-hydrogen) atoms. The molecule has 7 nitrogen and oxygen atoms in total. The molecule has 0 radical (unpaired) electrons. The van der Waals surface area contributed by atoms with E-state index in [0.717, 1.165) is 0 Å². The monoisotopic (exact) mass is 361 g/mol. The maximum atomic E-state index is 12.5. The molecule has 1 aliphatic heterocycles. The molecular weight excluding hydrogens is 338 g/mol. The predicted molar refractivity (Wildman–Crippen MR) is 90.4 cm³/mol. The highest BCUT2D eigenvalue weighted by Gasteiger charge is 2.55. The molecule has 1 saturated heterocycles. The van der Waals surface area contributed by atoms with Crippen molar-refractivity contribution in [2.45, 2.75) is 64.3 Å². The summed E-state index contributed by atoms with van der Waals surface area (Å²) in [7, 11) is 0. The molecule has 0 aromatic heterocycles. The van der Waals surface area contributed by atoms with Crippen molar-refractivity contribution in [1.82, 2.24) is 0 Å². The van der Waals surface area contributed by atoms with Crippen molar-refractivity contribution >= 4 is 17.9 Å². The van der Waals surface area contributed by atoms with Crippen molar-refractivity contribution in [3.05, 3.63) is 23.8 Å². The Kier molecular flexibility index (Phi) is 5.26. The third-order valence-electron chi connectivity index (χ3n) is 4.53. The van der Waals surface area contributed by atoms with Crippen LogP contribution < -0.4 is 0 Å². The number of hydrogen-bond acceptors (Lipinski definition) is 7.